The molecule has 1 unspecified atom stereocenters. The Morgan fingerprint density at radius 2 is 1.92 bits per heavy atom. The minimum Gasteiger partial charge on any atom is -0.296 e. The van der Waals surface area contributed by atoms with Crippen LogP contribution in [-0.4, -0.2) is 24.0 Å². The Balaban J connectivity index is 1.90. The van der Waals surface area contributed by atoms with Crippen molar-refractivity contribution in [2.45, 2.75) is 45.1 Å². The van der Waals surface area contributed by atoms with Crippen LogP contribution in [0.2, 0.25) is 0 Å². The van der Waals surface area contributed by atoms with E-state index in [0.717, 1.165) is 12.0 Å². The first-order chi connectivity index (χ1) is 6.27. The van der Waals surface area contributed by atoms with Crippen molar-refractivity contribution < 1.29 is 0 Å². The molecule has 13 heavy (non-hydrogen) atoms. The summed E-state index contributed by atoms with van der Waals surface area (Å²) in [5.41, 5.74) is 1.46. The van der Waals surface area contributed by atoms with Crippen molar-refractivity contribution in [2.24, 2.45) is 5.92 Å². The number of hydrogen-bond acceptors (Lipinski definition) is 1. The lowest BCUT2D eigenvalue weighted by molar-refractivity contribution is 0.176. The fraction of sp³-hybridized carbons (Fsp3) is 0.833. The average molecular weight is 179 g/mol. The summed E-state index contributed by atoms with van der Waals surface area (Å²) >= 11 is 0. The van der Waals surface area contributed by atoms with Crippen LogP contribution < -0.4 is 0 Å². The quantitative estimate of drug-likeness (QED) is 0.559. The Kier molecular flexibility index (Phi) is 2.73. The van der Waals surface area contributed by atoms with Gasteiger partial charge in [0.2, 0.25) is 0 Å². The Hall–Kier alpha value is -0.300. The van der Waals surface area contributed by atoms with Gasteiger partial charge in [-0.05, 0) is 31.7 Å². The van der Waals surface area contributed by atoms with Crippen LogP contribution in [0.15, 0.2) is 12.2 Å². The van der Waals surface area contributed by atoms with Crippen LogP contribution in [0.5, 0.6) is 0 Å². The summed E-state index contributed by atoms with van der Waals surface area (Å²) in [6.07, 6.45) is 7.09. The Labute approximate surface area is 81.8 Å². The topological polar surface area (TPSA) is 3.24 Å². The monoisotopic (exact) mass is 179 g/mol. The normalized spacial score (nSPS) is 32.7. The lowest BCUT2D eigenvalue weighted by Crippen LogP contribution is -2.40. The van der Waals surface area contributed by atoms with Gasteiger partial charge < -0.3 is 0 Å². The maximum absolute atomic E-state index is 4.18. The molecule has 2 rings (SSSR count). The van der Waals surface area contributed by atoms with Crippen molar-refractivity contribution in [2.75, 3.05) is 13.1 Å². The third kappa shape index (κ3) is 1.96. The Bertz CT molecular complexity index is 191. The van der Waals surface area contributed by atoms with Gasteiger partial charge in [0.05, 0.1) is 0 Å². The predicted octanol–water partition coefficient (Wildman–Crippen LogP) is 2.83. The van der Waals surface area contributed by atoms with E-state index in [4.69, 9.17) is 0 Å². The van der Waals surface area contributed by atoms with E-state index in [2.05, 4.69) is 18.4 Å². The minimum atomic E-state index is 0.762. The molecule has 1 atom stereocenters. The highest BCUT2D eigenvalue weighted by molar-refractivity contribution is 5.06. The molecule has 1 nitrogen and oxygen atoms in total. The van der Waals surface area contributed by atoms with Gasteiger partial charge in [0.15, 0.2) is 0 Å². The summed E-state index contributed by atoms with van der Waals surface area (Å²) < 4.78 is 0. The molecule has 0 N–H and O–H groups in total. The highest BCUT2D eigenvalue weighted by Gasteiger charge is 2.26. The van der Waals surface area contributed by atoms with Gasteiger partial charge in [0.1, 0.15) is 0 Å². The fourth-order valence-corrected chi connectivity index (χ4v) is 2.64. The van der Waals surface area contributed by atoms with Gasteiger partial charge in [-0.3, -0.25) is 4.90 Å². The van der Waals surface area contributed by atoms with Crippen molar-refractivity contribution in [3.8, 4) is 0 Å². The largest absolute Gasteiger partial charge is 0.296 e. The molecule has 1 saturated carbocycles. The second kappa shape index (κ2) is 3.83. The van der Waals surface area contributed by atoms with E-state index in [9.17, 15) is 0 Å². The summed E-state index contributed by atoms with van der Waals surface area (Å²) in [4.78, 5) is 2.66. The van der Waals surface area contributed by atoms with Gasteiger partial charge in [-0.15, -0.1) is 0 Å². The number of hydrogen-bond donors (Lipinski definition) is 0. The molecule has 0 amide bonds. The van der Waals surface area contributed by atoms with Gasteiger partial charge in [-0.25, -0.2) is 0 Å². The van der Waals surface area contributed by atoms with E-state index in [-0.39, 0.29) is 0 Å². The number of piperidine rings is 1. The fourth-order valence-electron chi connectivity index (χ4n) is 2.64. The molecule has 0 spiro atoms. The third-order valence-electron chi connectivity index (χ3n) is 3.79. The van der Waals surface area contributed by atoms with Crippen molar-refractivity contribution in [3.05, 3.63) is 12.2 Å². The Morgan fingerprint density at radius 3 is 2.54 bits per heavy atom. The molecule has 0 bridgehead atoms. The summed E-state index contributed by atoms with van der Waals surface area (Å²) in [5, 5.41) is 0. The van der Waals surface area contributed by atoms with E-state index in [0.29, 0.717) is 0 Å². The molecular weight excluding hydrogens is 158 g/mol. The summed E-state index contributed by atoms with van der Waals surface area (Å²) in [7, 11) is 0. The van der Waals surface area contributed by atoms with Gasteiger partial charge in [0.25, 0.3) is 0 Å². The SMILES string of the molecule is C=C1CN(C2CCCC2)CCC1C. The molecule has 0 aromatic rings. The lowest BCUT2D eigenvalue weighted by Gasteiger charge is -2.36. The first kappa shape index (κ1) is 9.26. The van der Waals surface area contributed by atoms with Crippen molar-refractivity contribution in [3.63, 3.8) is 0 Å². The molecule has 2 fully saturated rings. The second-order valence-corrected chi connectivity index (χ2v) is 4.76. The predicted molar refractivity (Wildman–Crippen MR) is 56.8 cm³/mol. The first-order valence-electron chi connectivity index (χ1n) is 5.69. The first-order valence-corrected chi connectivity index (χ1v) is 5.69. The summed E-state index contributed by atoms with van der Waals surface area (Å²) in [5.74, 6) is 0.762. The van der Waals surface area contributed by atoms with Crippen molar-refractivity contribution in [1.82, 2.24) is 4.90 Å². The zero-order valence-electron chi connectivity index (χ0n) is 8.76. The van der Waals surface area contributed by atoms with Crippen LogP contribution >= 0.6 is 0 Å². The maximum atomic E-state index is 4.18. The molecule has 74 valence electrons. The molecule has 2 aliphatic rings. The zero-order valence-corrected chi connectivity index (χ0v) is 8.76. The lowest BCUT2D eigenvalue weighted by atomic mass is 9.93. The maximum Gasteiger partial charge on any atom is 0.0195 e. The van der Waals surface area contributed by atoms with Crippen LogP contribution in [0.3, 0.4) is 0 Å². The van der Waals surface area contributed by atoms with E-state index in [1.54, 1.807) is 0 Å². The minimum absolute atomic E-state index is 0.762. The molecule has 0 radical (unpaired) electrons. The van der Waals surface area contributed by atoms with Gasteiger partial charge in [-0.1, -0.05) is 31.9 Å². The molecule has 1 heterocycles. The van der Waals surface area contributed by atoms with E-state index in [1.807, 2.05) is 0 Å². The average Bonchev–Trinajstić information content (AvgIpc) is 2.62. The van der Waals surface area contributed by atoms with E-state index >= 15 is 0 Å². The van der Waals surface area contributed by atoms with Gasteiger partial charge in [0, 0.05) is 12.6 Å². The van der Waals surface area contributed by atoms with Gasteiger partial charge >= 0.3 is 0 Å². The number of nitrogens with zero attached hydrogens (tertiary/aromatic N) is 1. The zero-order chi connectivity index (χ0) is 9.26. The van der Waals surface area contributed by atoms with Crippen LogP contribution in [0, 0.1) is 5.92 Å². The van der Waals surface area contributed by atoms with Crippen LogP contribution in [0.4, 0.5) is 0 Å². The molecule has 1 heteroatoms. The molecule has 1 aliphatic heterocycles. The second-order valence-electron chi connectivity index (χ2n) is 4.76. The number of rotatable bonds is 1. The van der Waals surface area contributed by atoms with Crippen molar-refractivity contribution in [1.29, 1.82) is 0 Å². The highest BCUT2D eigenvalue weighted by Crippen LogP contribution is 2.29. The van der Waals surface area contributed by atoms with Crippen LogP contribution in [-0.2, 0) is 0 Å². The van der Waals surface area contributed by atoms with E-state index in [1.165, 1.54) is 50.8 Å². The van der Waals surface area contributed by atoms with Crippen molar-refractivity contribution >= 4 is 0 Å². The molecule has 1 aliphatic carbocycles. The van der Waals surface area contributed by atoms with E-state index < -0.39 is 0 Å². The smallest absolute Gasteiger partial charge is 0.0195 e. The van der Waals surface area contributed by atoms with Crippen LogP contribution in [0.1, 0.15) is 39.0 Å². The highest BCUT2D eigenvalue weighted by atomic mass is 15.2. The van der Waals surface area contributed by atoms with Crippen LogP contribution in [0.25, 0.3) is 0 Å². The number of likely N-dealkylation sites (tertiary alicyclic amines) is 1. The molecular formula is C12H21N. The standard InChI is InChI=1S/C12H21N/c1-10-7-8-13(9-11(10)2)12-5-3-4-6-12/h10,12H,2-9H2,1H3. The Morgan fingerprint density at radius 1 is 1.23 bits per heavy atom. The molecule has 1 saturated heterocycles. The summed E-state index contributed by atoms with van der Waals surface area (Å²) in [6.45, 7) is 8.97. The third-order valence-corrected chi connectivity index (χ3v) is 3.79. The molecule has 0 aromatic heterocycles. The summed E-state index contributed by atoms with van der Waals surface area (Å²) in [6, 6.07) is 0.893. The van der Waals surface area contributed by atoms with Gasteiger partial charge in [-0.2, -0.15) is 0 Å². The molecule has 0 aromatic carbocycles.